The van der Waals surface area contributed by atoms with Gasteiger partial charge in [-0.25, -0.2) is 0 Å². The van der Waals surface area contributed by atoms with Crippen LogP contribution in [0.1, 0.15) is 22.3 Å². The zero-order chi connectivity index (χ0) is 28.4. The Kier molecular flexibility index (Phi) is 5.21. The molecule has 0 saturated carbocycles. The maximum absolute atomic E-state index is 2.45. The second-order valence-electron chi connectivity index (χ2n) is 11.6. The first-order valence-electron chi connectivity index (χ1n) is 15.0. The molecule has 1 aliphatic rings. The van der Waals surface area contributed by atoms with E-state index in [-0.39, 0.29) is 0 Å². The molecule has 0 saturated heterocycles. The van der Waals surface area contributed by atoms with E-state index in [1.807, 2.05) is 0 Å². The normalized spacial score (nSPS) is 13.3. The van der Waals surface area contributed by atoms with Crippen LogP contribution in [0.5, 0.6) is 0 Å². The van der Waals surface area contributed by atoms with E-state index in [9.17, 15) is 0 Å². The van der Waals surface area contributed by atoms with Gasteiger partial charge in [-0.1, -0.05) is 158 Å². The Bertz CT molecular complexity index is 2130. The molecule has 0 heteroatoms. The highest BCUT2D eigenvalue weighted by Crippen LogP contribution is 2.57. The predicted octanol–water partition coefficient (Wildman–Crippen LogP) is 11.2. The molecule has 43 heavy (non-hydrogen) atoms. The van der Waals surface area contributed by atoms with Gasteiger partial charge in [-0.2, -0.15) is 0 Å². The van der Waals surface area contributed by atoms with Crippen molar-refractivity contribution in [2.24, 2.45) is 0 Å². The summed E-state index contributed by atoms with van der Waals surface area (Å²) in [4.78, 5) is 0. The molecular weight excluding hydrogens is 516 g/mol. The fourth-order valence-corrected chi connectivity index (χ4v) is 7.79. The van der Waals surface area contributed by atoms with Crippen molar-refractivity contribution in [2.45, 2.75) is 5.41 Å². The van der Waals surface area contributed by atoms with Crippen LogP contribution in [0.3, 0.4) is 0 Å². The van der Waals surface area contributed by atoms with Gasteiger partial charge in [-0.05, 0) is 89.0 Å². The first-order chi connectivity index (χ1) is 21.4. The molecule has 0 radical (unpaired) electrons. The summed E-state index contributed by atoms with van der Waals surface area (Å²) in [6.07, 6.45) is 0. The Hall–Kier alpha value is -5.46. The van der Waals surface area contributed by atoms with E-state index in [0.29, 0.717) is 0 Å². The molecule has 0 bridgehead atoms. The molecule has 0 amide bonds. The molecule has 0 heterocycles. The van der Waals surface area contributed by atoms with Crippen LogP contribution in [0.15, 0.2) is 170 Å². The minimum Gasteiger partial charge on any atom is -0.0622 e. The molecule has 0 fully saturated rings. The standard InChI is InChI=1S/C43H28/c1-5-15-29(16-6-1)35-27-37-33-23-13-25-39-41(33)42-34(38(37)28-36(35)30-17-7-2-8-18-30)24-14-26-40(42)43(39,31-19-9-3-10-20-31)32-21-11-4-12-22-32/h1-28H. The number of fused-ring (bicyclic) bond motifs is 3. The van der Waals surface area contributed by atoms with Crippen molar-refractivity contribution in [3.8, 4) is 22.3 Å². The smallest absolute Gasteiger partial charge is 0.0622 e. The van der Waals surface area contributed by atoms with Crippen molar-refractivity contribution in [3.05, 3.63) is 192 Å². The van der Waals surface area contributed by atoms with Crippen LogP contribution in [-0.4, -0.2) is 0 Å². The number of hydrogen-bond donors (Lipinski definition) is 0. The average molecular weight is 545 g/mol. The molecule has 200 valence electrons. The average Bonchev–Trinajstić information content (AvgIpc) is 3.41. The van der Waals surface area contributed by atoms with Crippen molar-refractivity contribution in [3.63, 3.8) is 0 Å². The second-order valence-corrected chi connectivity index (χ2v) is 11.6. The van der Waals surface area contributed by atoms with Gasteiger partial charge in [-0.3, -0.25) is 0 Å². The van der Waals surface area contributed by atoms with Crippen molar-refractivity contribution < 1.29 is 0 Å². The van der Waals surface area contributed by atoms with Gasteiger partial charge in [0.15, 0.2) is 0 Å². The topological polar surface area (TPSA) is 0 Å². The lowest BCUT2D eigenvalue weighted by Crippen LogP contribution is -2.28. The number of hydrogen-bond acceptors (Lipinski definition) is 0. The van der Waals surface area contributed by atoms with Crippen LogP contribution in [0.4, 0.5) is 0 Å². The van der Waals surface area contributed by atoms with Gasteiger partial charge < -0.3 is 0 Å². The predicted molar refractivity (Wildman–Crippen MR) is 182 cm³/mol. The summed E-state index contributed by atoms with van der Waals surface area (Å²) in [7, 11) is 0. The van der Waals surface area contributed by atoms with Crippen LogP contribution < -0.4 is 0 Å². The maximum Gasteiger partial charge on any atom is 0.0714 e. The first kappa shape index (κ1) is 24.2. The molecule has 0 unspecified atom stereocenters. The van der Waals surface area contributed by atoms with Crippen LogP contribution in [0.25, 0.3) is 54.6 Å². The van der Waals surface area contributed by atoms with Crippen LogP contribution in [0.2, 0.25) is 0 Å². The lowest BCUT2D eigenvalue weighted by atomic mass is 9.67. The summed E-state index contributed by atoms with van der Waals surface area (Å²) in [6, 6.07) is 62.7. The fourth-order valence-electron chi connectivity index (χ4n) is 7.79. The van der Waals surface area contributed by atoms with E-state index in [1.54, 1.807) is 0 Å². The summed E-state index contributed by atoms with van der Waals surface area (Å²) in [5, 5.41) is 7.99. The molecule has 0 aliphatic heterocycles. The quantitative estimate of drug-likeness (QED) is 0.193. The molecule has 8 aromatic rings. The Balaban J connectivity index is 1.49. The van der Waals surface area contributed by atoms with Gasteiger partial charge in [0, 0.05) is 0 Å². The molecule has 0 aromatic heterocycles. The van der Waals surface area contributed by atoms with E-state index in [0.717, 1.165) is 0 Å². The van der Waals surface area contributed by atoms with Gasteiger partial charge in [-0.15, -0.1) is 0 Å². The Labute approximate surface area is 251 Å². The summed E-state index contributed by atoms with van der Waals surface area (Å²) in [5.41, 5.74) is 9.93. The Morgan fingerprint density at radius 3 is 1.07 bits per heavy atom. The molecule has 0 N–H and O–H groups in total. The van der Waals surface area contributed by atoms with Gasteiger partial charge in [0.05, 0.1) is 5.41 Å². The van der Waals surface area contributed by atoms with Crippen LogP contribution in [-0.2, 0) is 5.41 Å². The van der Waals surface area contributed by atoms with E-state index in [4.69, 9.17) is 0 Å². The van der Waals surface area contributed by atoms with Gasteiger partial charge in [0.1, 0.15) is 0 Å². The van der Waals surface area contributed by atoms with E-state index in [2.05, 4.69) is 170 Å². The first-order valence-corrected chi connectivity index (χ1v) is 15.0. The SMILES string of the molecule is c1ccc(-c2cc3c(cc2-c2ccccc2)c2cccc4c2c2c(cccc32)C4(c2ccccc2)c2ccccc2)cc1. The third-order valence-corrected chi connectivity index (χ3v) is 9.51. The molecule has 0 nitrogen and oxygen atoms in total. The summed E-state index contributed by atoms with van der Waals surface area (Å²) < 4.78 is 0. The van der Waals surface area contributed by atoms with Gasteiger partial charge in [0.25, 0.3) is 0 Å². The van der Waals surface area contributed by atoms with Crippen LogP contribution in [0, 0.1) is 0 Å². The van der Waals surface area contributed by atoms with Crippen LogP contribution >= 0.6 is 0 Å². The highest BCUT2D eigenvalue weighted by Gasteiger charge is 2.45. The van der Waals surface area contributed by atoms with Crippen molar-refractivity contribution in [2.75, 3.05) is 0 Å². The van der Waals surface area contributed by atoms with E-state index in [1.165, 1.54) is 76.8 Å². The molecule has 8 aromatic carbocycles. The monoisotopic (exact) mass is 544 g/mol. The molecule has 0 spiro atoms. The third kappa shape index (κ3) is 3.32. The van der Waals surface area contributed by atoms with E-state index >= 15 is 0 Å². The van der Waals surface area contributed by atoms with Crippen molar-refractivity contribution in [1.82, 2.24) is 0 Å². The lowest BCUT2D eigenvalue weighted by Gasteiger charge is -2.34. The van der Waals surface area contributed by atoms with Crippen molar-refractivity contribution >= 4 is 32.3 Å². The van der Waals surface area contributed by atoms with Gasteiger partial charge in [0.2, 0.25) is 0 Å². The number of rotatable bonds is 4. The minimum atomic E-state index is -0.397. The maximum atomic E-state index is 2.45. The molecule has 1 aliphatic carbocycles. The molecular formula is C43H28. The highest BCUT2D eigenvalue weighted by molar-refractivity contribution is 6.30. The lowest BCUT2D eigenvalue weighted by molar-refractivity contribution is 0.771. The second kappa shape index (κ2) is 9.28. The number of benzene rings is 8. The Morgan fingerprint density at radius 2 is 0.674 bits per heavy atom. The zero-order valence-electron chi connectivity index (χ0n) is 23.7. The summed E-state index contributed by atoms with van der Waals surface area (Å²) in [6.45, 7) is 0. The minimum absolute atomic E-state index is 0.397. The highest BCUT2D eigenvalue weighted by atomic mass is 14.5. The molecule has 9 rings (SSSR count). The van der Waals surface area contributed by atoms with E-state index < -0.39 is 5.41 Å². The van der Waals surface area contributed by atoms with Gasteiger partial charge >= 0.3 is 0 Å². The fraction of sp³-hybridized carbons (Fsp3) is 0.0233. The van der Waals surface area contributed by atoms with Crippen molar-refractivity contribution in [1.29, 1.82) is 0 Å². The summed E-state index contributed by atoms with van der Waals surface area (Å²) >= 11 is 0. The third-order valence-electron chi connectivity index (χ3n) is 9.51. The molecule has 0 atom stereocenters. The Morgan fingerprint density at radius 1 is 0.302 bits per heavy atom. The summed E-state index contributed by atoms with van der Waals surface area (Å²) in [5.74, 6) is 0. The zero-order valence-corrected chi connectivity index (χ0v) is 23.7. The largest absolute Gasteiger partial charge is 0.0714 e.